The summed E-state index contributed by atoms with van der Waals surface area (Å²) >= 11 is 0. The fraction of sp³-hybridized carbons (Fsp3) is 0.500. The molecule has 0 radical (unpaired) electrons. The first-order valence-electron chi connectivity index (χ1n) is 7.52. The Balaban J connectivity index is 2.14. The summed E-state index contributed by atoms with van der Waals surface area (Å²) in [4.78, 5) is 23.7. The lowest BCUT2D eigenvalue weighted by Gasteiger charge is -2.27. The van der Waals surface area contributed by atoms with Gasteiger partial charge in [0.15, 0.2) is 17.5 Å². The Morgan fingerprint density at radius 1 is 1.04 bits per heavy atom. The van der Waals surface area contributed by atoms with Crippen LogP contribution in [0.15, 0.2) is 12.1 Å². The fourth-order valence-corrected chi connectivity index (χ4v) is 3.00. The predicted molar refractivity (Wildman–Crippen MR) is 77.3 cm³/mol. The number of anilines is 1. The highest BCUT2D eigenvalue weighted by Crippen LogP contribution is 2.38. The minimum absolute atomic E-state index is 0.319. The predicted octanol–water partition coefficient (Wildman–Crippen LogP) is 3.86. The summed E-state index contributed by atoms with van der Waals surface area (Å²) in [6.07, 6.45) is 3.66. The molecular weight excluding hydrogens is 311 g/mol. The maximum absolute atomic E-state index is 13.6. The number of carboxylic acids is 1. The van der Waals surface area contributed by atoms with Crippen molar-refractivity contribution in [1.82, 2.24) is 0 Å². The molecule has 2 N–H and O–H groups in total. The van der Waals surface area contributed by atoms with Crippen molar-refractivity contribution in [3.8, 4) is 0 Å². The Bertz CT molecular complexity index is 611. The quantitative estimate of drug-likeness (QED) is 0.651. The number of benzene rings is 1. The lowest BCUT2D eigenvalue weighted by atomic mass is 9.77. The molecule has 0 atom stereocenters. The molecule has 0 saturated heterocycles. The first kappa shape index (κ1) is 17.3. The maximum atomic E-state index is 13.6. The molecule has 0 aromatic heterocycles. The van der Waals surface area contributed by atoms with Gasteiger partial charge in [-0.25, -0.2) is 13.2 Å². The molecule has 126 valence electrons. The number of halogens is 3. The molecule has 23 heavy (non-hydrogen) atoms. The Kier molecular flexibility index (Phi) is 5.28. The van der Waals surface area contributed by atoms with Gasteiger partial charge in [0.1, 0.15) is 0 Å². The number of aliphatic carboxylic acids is 1. The number of hydrogen-bond acceptors (Lipinski definition) is 2. The van der Waals surface area contributed by atoms with Crippen LogP contribution < -0.4 is 5.32 Å². The van der Waals surface area contributed by atoms with Gasteiger partial charge < -0.3 is 10.4 Å². The lowest BCUT2D eigenvalue weighted by Crippen LogP contribution is -2.35. The molecular formula is C16H18F3NO3. The Hall–Kier alpha value is -2.05. The second kappa shape index (κ2) is 7.02. The molecule has 7 heteroatoms. The maximum Gasteiger partial charge on any atom is 0.310 e. The van der Waals surface area contributed by atoms with E-state index in [1.807, 2.05) is 0 Å². The van der Waals surface area contributed by atoms with Gasteiger partial charge in [-0.1, -0.05) is 25.7 Å². The van der Waals surface area contributed by atoms with Crippen LogP contribution in [-0.4, -0.2) is 17.0 Å². The van der Waals surface area contributed by atoms with Gasteiger partial charge in [-0.15, -0.1) is 0 Å². The molecule has 0 unspecified atom stereocenters. The summed E-state index contributed by atoms with van der Waals surface area (Å²) in [5, 5.41) is 11.6. The topological polar surface area (TPSA) is 66.4 Å². The average Bonchev–Trinajstić information content (AvgIpc) is 2.74. The van der Waals surface area contributed by atoms with E-state index in [4.69, 9.17) is 0 Å². The van der Waals surface area contributed by atoms with Gasteiger partial charge in [0, 0.05) is 6.42 Å². The molecule has 1 fully saturated rings. The normalized spacial score (nSPS) is 17.3. The van der Waals surface area contributed by atoms with Crippen LogP contribution in [0.3, 0.4) is 0 Å². The Labute approximate surface area is 131 Å². The zero-order chi connectivity index (χ0) is 17.0. The standard InChI is InChI=1S/C16H18F3NO3/c17-10-5-6-11(14(19)13(10)18)20-12(21)9-16(15(22)23)7-3-1-2-4-8-16/h5-6H,1-4,7-9H2,(H,20,21)(H,22,23). The van der Waals surface area contributed by atoms with E-state index in [1.54, 1.807) is 0 Å². The highest BCUT2D eigenvalue weighted by atomic mass is 19.2. The molecule has 1 aromatic carbocycles. The molecule has 4 nitrogen and oxygen atoms in total. The summed E-state index contributed by atoms with van der Waals surface area (Å²) in [7, 11) is 0. The first-order chi connectivity index (χ1) is 10.9. The van der Waals surface area contributed by atoms with Gasteiger partial charge in [-0.05, 0) is 25.0 Å². The van der Waals surface area contributed by atoms with Gasteiger partial charge in [0.2, 0.25) is 5.91 Å². The molecule has 0 bridgehead atoms. The third-order valence-electron chi connectivity index (χ3n) is 4.32. The van der Waals surface area contributed by atoms with Crippen molar-refractivity contribution in [2.75, 3.05) is 5.32 Å². The van der Waals surface area contributed by atoms with Crippen molar-refractivity contribution >= 4 is 17.6 Å². The van der Waals surface area contributed by atoms with E-state index < -0.39 is 40.4 Å². The molecule has 0 heterocycles. The number of carboxylic acid groups (broad SMARTS) is 1. The van der Waals surface area contributed by atoms with E-state index in [0.29, 0.717) is 31.7 Å². The summed E-state index contributed by atoms with van der Waals surface area (Å²) in [6, 6.07) is 1.61. The molecule has 1 saturated carbocycles. The number of nitrogens with one attached hydrogen (secondary N) is 1. The highest BCUT2D eigenvalue weighted by Gasteiger charge is 2.40. The monoisotopic (exact) mass is 329 g/mol. The second-order valence-electron chi connectivity index (χ2n) is 5.95. The van der Waals surface area contributed by atoms with Crippen LogP contribution in [0.25, 0.3) is 0 Å². The SMILES string of the molecule is O=C(CC1(C(=O)O)CCCCCC1)Nc1ccc(F)c(F)c1F. The number of carbonyl (C=O) groups excluding carboxylic acids is 1. The number of rotatable bonds is 4. The van der Waals surface area contributed by atoms with E-state index in [9.17, 15) is 27.9 Å². The van der Waals surface area contributed by atoms with Gasteiger partial charge in [0.05, 0.1) is 11.1 Å². The minimum atomic E-state index is -1.68. The molecule has 0 spiro atoms. The molecule has 0 aliphatic heterocycles. The highest BCUT2D eigenvalue weighted by molar-refractivity contribution is 5.94. The minimum Gasteiger partial charge on any atom is -0.481 e. The van der Waals surface area contributed by atoms with Crippen molar-refractivity contribution < 1.29 is 27.9 Å². The molecule has 1 aromatic rings. The van der Waals surface area contributed by atoms with Crippen molar-refractivity contribution in [2.24, 2.45) is 5.41 Å². The van der Waals surface area contributed by atoms with E-state index >= 15 is 0 Å². The van der Waals surface area contributed by atoms with Crippen LogP contribution in [0.1, 0.15) is 44.9 Å². The Morgan fingerprint density at radius 3 is 2.22 bits per heavy atom. The van der Waals surface area contributed by atoms with Gasteiger partial charge >= 0.3 is 5.97 Å². The smallest absolute Gasteiger partial charge is 0.310 e. The van der Waals surface area contributed by atoms with E-state index in [-0.39, 0.29) is 6.42 Å². The summed E-state index contributed by atoms with van der Waals surface area (Å²) in [6.45, 7) is 0. The zero-order valence-corrected chi connectivity index (χ0v) is 12.5. The summed E-state index contributed by atoms with van der Waals surface area (Å²) in [5.41, 5.74) is -1.68. The number of amides is 1. The van der Waals surface area contributed by atoms with Crippen LogP contribution in [0.4, 0.5) is 18.9 Å². The average molecular weight is 329 g/mol. The van der Waals surface area contributed by atoms with E-state index in [1.165, 1.54) is 0 Å². The fourth-order valence-electron chi connectivity index (χ4n) is 3.00. The summed E-state index contributed by atoms with van der Waals surface area (Å²) in [5.74, 6) is -6.31. The van der Waals surface area contributed by atoms with E-state index in [2.05, 4.69) is 5.32 Å². The van der Waals surface area contributed by atoms with Crippen LogP contribution in [0.5, 0.6) is 0 Å². The Morgan fingerprint density at radius 2 is 1.65 bits per heavy atom. The van der Waals surface area contributed by atoms with Crippen molar-refractivity contribution in [3.05, 3.63) is 29.6 Å². The largest absolute Gasteiger partial charge is 0.481 e. The summed E-state index contributed by atoms with van der Waals surface area (Å²) < 4.78 is 39.6. The van der Waals surface area contributed by atoms with Gasteiger partial charge in [0.25, 0.3) is 0 Å². The van der Waals surface area contributed by atoms with Gasteiger partial charge in [-0.2, -0.15) is 0 Å². The lowest BCUT2D eigenvalue weighted by molar-refractivity contribution is -0.152. The molecule has 1 aliphatic rings. The number of carbonyl (C=O) groups is 2. The molecule has 1 amide bonds. The zero-order valence-electron chi connectivity index (χ0n) is 12.5. The molecule has 2 rings (SSSR count). The third-order valence-corrected chi connectivity index (χ3v) is 4.32. The van der Waals surface area contributed by atoms with Crippen LogP contribution in [0, 0.1) is 22.9 Å². The molecule has 1 aliphatic carbocycles. The van der Waals surface area contributed by atoms with Crippen LogP contribution in [0.2, 0.25) is 0 Å². The number of hydrogen-bond donors (Lipinski definition) is 2. The van der Waals surface area contributed by atoms with Crippen LogP contribution in [-0.2, 0) is 9.59 Å². The first-order valence-corrected chi connectivity index (χ1v) is 7.52. The van der Waals surface area contributed by atoms with Crippen molar-refractivity contribution in [3.63, 3.8) is 0 Å². The van der Waals surface area contributed by atoms with Crippen molar-refractivity contribution in [2.45, 2.75) is 44.9 Å². The van der Waals surface area contributed by atoms with E-state index in [0.717, 1.165) is 18.9 Å². The second-order valence-corrected chi connectivity index (χ2v) is 5.95. The third kappa shape index (κ3) is 3.83. The van der Waals surface area contributed by atoms with Crippen LogP contribution >= 0.6 is 0 Å². The van der Waals surface area contributed by atoms with Crippen molar-refractivity contribution in [1.29, 1.82) is 0 Å². The van der Waals surface area contributed by atoms with Gasteiger partial charge in [-0.3, -0.25) is 9.59 Å².